The molecule has 7 heteroatoms. The van der Waals surface area contributed by atoms with Crippen molar-refractivity contribution in [2.45, 2.75) is 19.9 Å². The van der Waals surface area contributed by atoms with Gasteiger partial charge in [-0.1, -0.05) is 13.0 Å². The molecule has 114 valence electrons. The standard InChI is InChI=1S/C13H19ClFNO3S/c1-3-16(20(17,18)8-4-7-14)10-11-5-6-13(19-2)12(15)9-11/h5-6,9H,3-4,7-8,10H2,1-2H3. The van der Waals surface area contributed by atoms with Crippen LogP contribution in [0.4, 0.5) is 4.39 Å². The van der Waals surface area contributed by atoms with Crippen molar-refractivity contribution < 1.29 is 17.5 Å². The van der Waals surface area contributed by atoms with Crippen LogP contribution in [0.1, 0.15) is 18.9 Å². The van der Waals surface area contributed by atoms with E-state index in [1.807, 2.05) is 0 Å². The summed E-state index contributed by atoms with van der Waals surface area (Å²) in [4.78, 5) is 0. The molecule has 0 aliphatic carbocycles. The molecule has 0 radical (unpaired) electrons. The van der Waals surface area contributed by atoms with Crippen molar-refractivity contribution in [3.63, 3.8) is 0 Å². The van der Waals surface area contributed by atoms with Crippen molar-refractivity contribution in [3.8, 4) is 5.75 Å². The Hall–Kier alpha value is -0.850. The molecule has 1 rings (SSSR count). The lowest BCUT2D eigenvalue weighted by Crippen LogP contribution is -2.32. The maximum absolute atomic E-state index is 13.6. The second kappa shape index (κ2) is 7.81. The van der Waals surface area contributed by atoms with Gasteiger partial charge in [0.1, 0.15) is 0 Å². The van der Waals surface area contributed by atoms with Gasteiger partial charge in [-0.15, -0.1) is 11.6 Å². The van der Waals surface area contributed by atoms with Crippen LogP contribution in [0.5, 0.6) is 5.75 Å². The molecule has 0 heterocycles. The normalized spacial score (nSPS) is 11.8. The van der Waals surface area contributed by atoms with E-state index in [1.165, 1.54) is 23.5 Å². The molecule has 0 atom stereocenters. The summed E-state index contributed by atoms with van der Waals surface area (Å²) in [5.74, 6) is -0.0577. The highest BCUT2D eigenvalue weighted by Crippen LogP contribution is 2.19. The molecule has 0 aliphatic rings. The van der Waals surface area contributed by atoms with Crippen molar-refractivity contribution in [1.82, 2.24) is 4.31 Å². The van der Waals surface area contributed by atoms with Crippen LogP contribution in [0.25, 0.3) is 0 Å². The molecule has 0 N–H and O–H groups in total. The highest BCUT2D eigenvalue weighted by molar-refractivity contribution is 7.89. The van der Waals surface area contributed by atoms with E-state index in [-0.39, 0.29) is 18.0 Å². The van der Waals surface area contributed by atoms with E-state index in [2.05, 4.69) is 0 Å². The van der Waals surface area contributed by atoms with Gasteiger partial charge in [-0.25, -0.2) is 12.8 Å². The molecule has 0 unspecified atom stereocenters. The minimum atomic E-state index is -3.37. The highest BCUT2D eigenvalue weighted by atomic mass is 35.5. The van der Waals surface area contributed by atoms with E-state index in [1.54, 1.807) is 13.0 Å². The van der Waals surface area contributed by atoms with Gasteiger partial charge in [0.15, 0.2) is 11.6 Å². The molecule has 4 nitrogen and oxygen atoms in total. The number of halogens is 2. The van der Waals surface area contributed by atoms with Crippen LogP contribution >= 0.6 is 11.6 Å². The number of nitrogens with zero attached hydrogens (tertiary/aromatic N) is 1. The predicted octanol–water partition coefficient (Wildman–Crippen LogP) is 2.61. The van der Waals surface area contributed by atoms with Crippen LogP contribution in [0.2, 0.25) is 0 Å². The van der Waals surface area contributed by atoms with E-state index in [0.717, 1.165) is 0 Å². The average molecular weight is 324 g/mol. The highest BCUT2D eigenvalue weighted by Gasteiger charge is 2.20. The quantitative estimate of drug-likeness (QED) is 0.691. The second-order valence-corrected chi connectivity index (χ2v) is 6.72. The van der Waals surface area contributed by atoms with Crippen LogP contribution in [0.3, 0.4) is 0 Å². The van der Waals surface area contributed by atoms with Gasteiger partial charge in [-0.3, -0.25) is 0 Å². The predicted molar refractivity (Wildman–Crippen MR) is 78.2 cm³/mol. The zero-order valence-electron chi connectivity index (χ0n) is 11.6. The van der Waals surface area contributed by atoms with E-state index >= 15 is 0 Å². The summed E-state index contributed by atoms with van der Waals surface area (Å²) in [5, 5.41) is 0. The Kier molecular flexibility index (Phi) is 6.71. The van der Waals surface area contributed by atoms with Gasteiger partial charge in [-0.05, 0) is 24.1 Å². The van der Waals surface area contributed by atoms with Crippen LogP contribution in [0, 0.1) is 5.82 Å². The number of hydrogen-bond donors (Lipinski definition) is 0. The maximum Gasteiger partial charge on any atom is 0.214 e. The van der Waals surface area contributed by atoms with Crippen LogP contribution < -0.4 is 4.74 Å². The molecule has 0 amide bonds. The van der Waals surface area contributed by atoms with Crippen LogP contribution in [-0.2, 0) is 16.6 Å². The number of ether oxygens (including phenoxy) is 1. The molecular weight excluding hydrogens is 305 g/mol. The fraction of sp³-hybridized carbons (Fsp3) is 0.538. The van der Waals surface area contributed by atoms with Crippen LogP contribution in [-0.4, -0.2) is 38.0 Å². The number of rotatable bonds is 8. The first-order valence-electron chi connectivity index (χ1n) is 6.30. The molecule has 0 aromatic heterocycles. The van der Waals surface area contributed by atoms with Gasteiger partial charge < -0.3 is 4.74 Å². The third kappa shape index (κ3) is 4.61. The van der Waals surface area contributed by atoms with Crippen molar-refractivity contribution >= 4 is 21.6 Å². The number of hydrogen-bond acceptors (Lipinski definition) is 3. The summed E-state index contributed by atoms with van der Waals surface area (Å²) >= 11 is 5.52. The van der Waals surface area contributed by atoms with Gasteiger partial charge in [-0.2, -0.15) is 4.31 Å². The maximum atomic E-state index is 13.6. The monoisotopic (exact) mass is 323 g/mol. The van der Waals surface area contributed by atoms with E-state index in [9.17, 15) is 12.8 Å². The number of alkyl halides is 1. The van der Waals surface area contributed by atoms with Gasteiger partial charge in [0.2, 0.25) is 10.0 Å². The summed E-state index contributed by atoms with van der Waals surface area (Å²) < 4.78 is 43.9. The van der Waals surface area contributed by atoms with Crippen molar-refractivity contribution in [2.75, 3.05) is 25.3 Å². The fourth-order valence-electron chi connectivity index (χ4n) is 1.78. The Morgan fingerprint density at radius 2 is 2.10 bits per heavy atom. The van der Waals surface area contributed by atoms with Crippen molar-refractivity contribution in [1.29, 1.82) is 0 Å². The molecule has 0 saturated heterocycles. The van der Waals surface area contributed by atoms with Crippen molar-refractivity contribution in [3.05, 3.63) is 29.6 Å². The van der Waals surface area contributed by atoms with Crippen LogP contribution in [0.15, 0.2) is 18.2 Å². The lowest BCUT2D eigenvalue weighted by atomic mass is 10.2. The number of methoxy groups -OCH3 is 1. The third-order valence-electron chi connectivity index (χ3n) is 2.86. The van der Waals surface area contributed by atoms with Gasteiger partial charge in [0.05, 0.1) is 12.9 Å². The Balaban J connectivity index is 2.86. The Bertz CT molecular complexity index is 536. The Morgan fingerprint density at radius 1 is 1.40 bits per heavy atom. The lowest BCUT2D eigenvalue weighted by molar-refractivity contribution is 0.384. The zero-order chi connectivity index (χ0) is 15.2. The molecular formula is C13H19ClFNO3S. The summed E-state index contributed by atoms with van der Waals surface area (Å²) in [6.07, 6.45) is 0.400. The molecule has 0 spiro atoms. The van der Waals surface area contributed by atoms with E-state index in [0.29, 0.717) is 24.4 Å². The third-order valence-corrected chi connectivity index (χ3v) is 5.10. The van der Waals surface area contributed by atoms with Gasteiger partial charge in [0, 0.05) is 19.0 Å². The van der Waals surface area contributed by atoms with E-state index in [4.69, 9.17) is 16.3 Å². The smallest absolute Gasteiger partial charge is 0.214 e. The van der Waals surface area contributed by atoms with Gasteiger partial charge in [0.25, 0.3) is 0 Å². The second-order valence-electron chi connectivity index (χ2n) is 4.25. The Labute approximate surface area is 124 Å². The SMILES string of the molecule is CCN(Cc1ccc(OC)c(F)c1)S(=O)(=O)CCCCl. The largest absolute Gasteiger partial charge is 0.494 e. The summed E-state index contributed by atoms with van der Waals surface area (Å²) in [6, 6.07) is 4.43. The lowest BCUT2D eigenvalue weighted by Gasteiger charge is -2.20. The topological polar surface area (TPSA) is 46.6 Å². The molecule has 0 fully saturated rings. The Morgan fingerprint density at radius 3 is 2.60 bits per heavy atom. The van der Waals surface area contributed by atoms with Crippen molar-refractivity contribution in [2.24, 2.45) is 0 Å². The molecule has 1 aromatic carbocycles. The molecule has 0 bridgehead atoms. The molecule has 20 heavy (non-hydrogen) atoms. The molecule has 1 aromatic rings. The first kappa shape index (κ1) is 17.2. The summed E-state index contributed by atoms with van der Waals surface area (Å²) in [6.45, 7) is 2.22. The minimum Gasteiger partial charge on any atom is -0.494 e. The first-order valence-corrected chi connectivity index (χ1v) is 8.45. The zero-order valence-corrected chi connectivity index (χ0v) is 13.2. The average Bonchev–Trinajstić information content (AvgIpc) is 2.42. The number of sulfonamides is 1. The molecule has 0 saturated carbocycles. The first-order chi connectivity index (χ1) is 9.44. The molecule has 0 aliphatic heterocycles. The summed E-state index contributed by atoms with van der Waals surface area (Å²) in [7, 11) is -1.98. The minimum absolute atomic E-state index is 0.00295. The fourth-order valence-corrected chi connectivity index (χ4v) is 3.58. The van der Waals surface area contributed by atoms with Gasteiger partial charge >= 0.3 is 0 Å². The van der Waals surface area contributed by atoms with E-state index < -0.39 is 15.8 Å². The number of benzene rings is 1. The summed E-state index contributed by atoms with van der Waals surface area (Å²) in [5.41, 5.74) is 0.583.